The standard InChI is InChI=1S/C6H8BrNO/c7-5-2-1-3-6(4-5)8-9/h4,9H,1-3H2. The zero-order chi connectivity index (χ0) is 6.69. The summed E-state index contributed by atoms with van der Waals surface area (Å²) >= 11 is 3.34. The minimum atomic E-state index is 0.771. The van der Waals surface area contributed by atoms with Crippen LogP contribution in [0.2, 0.25) is 0 Å². The van der Waals surface area contributed by atoms with Crippen molar-refractivity contribution in [1.29, 1.82) is 0 Å². The molecule has 1 rings (SSSR count). The summed E-state index contributed by atoms with van der Waals surface area (Å²) in [5, 5.41) is 11.4. The molecule has 1 aliphatic carbocycles. The molecule has 1 N–H and O–H groups in total. The second-order valence-electron chi connectivity index (χ2n) is 2.04. The van der Waals surface area contributed by atoms with Crippen LogP contribution in [0, 0.1) is 0 Å². The van der Waals surface area contributed by atoms with Gasteiger partial charge in [-0.25, -0.2) is 0 Å². The molecular formula is C6H8BrNO. The van der Waals surface area contributed by atoms with Gasteiger partial charge in [0.05, 0.1) is 5.71 Å². The van der Waals surface area contributed by atoms with E-state index >= 15 is 0 Å². The minimum Gasteiger partial charge on any atom is -0.411 e. The highest BCUT2D eigenvalue weighted by molar-refractivity contribution is 9.11. The van der Waals surface area contributed by atoms with Crippen molar-refractivity contribution in [1.82, 2.24) is 0 Å². The van der Waals surface area contributed by atoms with Gasteiger partial charge in [0.2, 0.25) is 0 Å². The van der Waals surface area contributed by atoms with Crippen molar-refractivity contribution < 1.29 is 5.21 Å². The maximum Gasteiger partial charge on any atom is 0.0803 e. The second kappa shape index (κ2) is 3.01. The topological polar surface area (TPSA) is 32.6 Å². The molecule has 0 radical (unpaired) electrons. The predicted molar refractivity (Wildman–Crippen MR) is 40.1 cm³/mol. The van der Waals surface area contributed by atoms with E-state index in [1.807, 2.05) is 6.08 Å². The van der Waals surface area contributed by atoms with Crippen LogP contribution in [0.1, 0.15) is 19.3 Å². The lowest BCUT2D eigenvalue weighted by molar-refractivity contribution is 0.318. The van der Waals surface area contributed by atoms with Crippen molar-refractivity contribution in [2.24, 2.45) is 5.16 Å². The molecule has 0 spiro atoms. The van der Waals surface area contributed by atoms with Crippen LogP contribution in [0.25, 0.3) is 0 Å². The van der Waals surface area contributed by atoms with Crippen molar-refractivity contribution in [3.05, 3.63) is 10.6 Å². The Balaban J connectivity index is 2.68. The van der Waals surface area contributed by atoms with Crippen LogP contribution < -0.4 is 0 Å². The third-order valence-electron chi connectivity index (χ3n) is 1.30. The Morgan fingerprint density at radius 3 is 2.78 bits per heavy atom. The van der Waals surface area contributed by atoms with Gasteiger partial charge in [0.15, 0.2) is 0 Å². The molecule has 3 heteroatoms. The number of oxime groups is 1. The van der Waals surface area contributed by atoms with E-state index < -0.39 is 0 Å². The SMILES string of the molecule is ON=C1C=C(Br)CCC1. The molecule has 0 fully saturated rings. The summed E-state index contributed by atoms with van der Waals surface area (Å²) in [4.78, 5) is 0. The molecule has 0 saturated carbocycles. The van der Waals surface area contributed by atoms with Crippen LogP contribution in [-0.4, -0.2) is 10.9 Å². The molecule has 1 aliphatic rings. The molecule has 9 heavy (non-hydrogen) atoms. The highest BCUT2D eigenvalue weighted by atomic mass is 79.9. The lowest BCUT2D eigenvalue weighted by Gasteiger charge is -2.06. The van der Waals surface area contributed by atoms with Gasteiger partial charge >= 0.3 is 0 Å². The lowest BCUT2D eigenvalue weighted by Crippen LogP contribution is -1.99. The third-order valence-corrected chi connectivity index (χ3v) is 1.93. The molecule has 0 heterocycles. The highest BCUT2D eigenvalue weighted by Gasteiger charge is 2.05. The Morgan fingerprint density at radius 2 is 2.33 bits per heavy atom. The van der Waals surface area contributed by atoms with Crippen LogP contribution in [0.4, 0.5) is 0 Å². The van der Waals surface area contributed by atoms with Gasteiger partial charge in [-0.05, 0) is 29.8 Å². The van der Waals surface area contributed by atoms with E-state index in [9.17, 15) is 0 Å². The fourth-order valence-electron chi connectivity index (χ4n) is 0.842. The van der Waals surface area contributed by atoms with Crippen LogP contribution in [0.3, 0.4) is 0 Å². The maximum absolute atomic E-state index is 8.33. The van der Waals surface area contributed by atoms with Gasteiger partial charge in [0, 0.05) is 0 Å². The normalized spacial score (nSPS) is 24.1. The number of hydrogen-bond donors (Lipinski definition) is 1. The summed E-state index contributed by atoms with van der Waals surface area (Å²) < 4.78 is 1.13. The zero-order valence-corrected chi connectivity index (χ0v) is 6.56. The highest BCUT2D eigenvalue weighted by Crippen LogP contribution is 2.20. The number of allylic oxidation sites excluding steroid dienone is 2. The van der Waals surface area contributed by atoms with Gasteiger partial charge in [-0.3, -0.25) is 0 Å². The molecule has 0 aromatic heterocycles. The Bertz CT molecular complexity index is 162. The first-order chi connectivity index (χ1) is 4.33. The van der Waals surface area contributed by atoms with Crippen LogP contribution in [-0.2, 0) is 0 Å². The average Bonchev–Trinajstić information content (AvgIpc) is 1.88. The molecule has 0 aliphatic heterocycles. The summed E-state index contributed by atoms with van der Waals surface area (Å²) in [5.74, 6) is 0. The van der Waals surface area contributed by atoms with E-state index in [4.69, 9.17) is 5.21 Å². The van der Waals surface area contributed by atoms with E-state index in [1.54, 1.807) is 0 Å². The van der Waals surface area contributed by atoms with Crippen molar-refractivity contribution in [3.8, 4) is 0 Å². The summed E-state index contributed by atoms with van der Waals surface area (Å²) in [7, 11) is 0. The first-order valence-electron chi connectivity index (χ1n) is 2.90. The van der Waals surface area contributed by atoms with Gasteiger partial charge < -0.3 is 5.21 Å². The van der Waals surface area contributed by atoms with E-state index in [0.29, 0.717) is 0 Å². The van der Waals surface area contributed by atoms with Crippen molar-refractivity contribution in [2.45, 2.75) is 19.3 Å². The molecular weight excluding hydrogens is 182 g/mol. The third kappa shape index (κ3) is 1.82. The fraction of sp³-hybridized carbons (Fsp3) is 0.500. The summed E-state index contributed by atoms with van der Waals surface area (Å²) in [6, 6.07) is 0. The first-order valence-corrected chi connectivity index (χ1v) is 3.69. The lowest BCUT2D eigenvalue weighted by atomic mass is 10.1. The number of nitrogens with zero attached hydrogens (tertiary/aromatic N) is 1. The van der Waals surface area contributed by atoms with Crippen molar-refractivity contribution >= 4 is 21.6 Å². The van der Waals surface area contributed by atoms with E-state index in [0.717, 1.165) is 29.5 Å². The van der Waals surface area contributed by atoms with Gasteiger partial charge in [0.1, 0.15) is 0 Å². The van der Waals surface area contributed by atoms with E-state index in [1.165, 1.54) is 0 Å². The largest absolute Gasteiger partial charge is 0.411 e. The second-order valence-corrected chi connectivity index (χ2v) is 3.05. The summed E-state index contributed by atoms with van der Waals surface area (Å²) in [6.45, 7) is 0. The molecule has 0 amide bonds. The van der Waals surface area contributed by atoms with E-state index in [2.05, 4.69) is 21.1 Å². The molecule has 2 nitrogen and oxygen atoms in total. The van der Waals surface area contributed by atoms with Gasteiger partial charge in [-0.15, -0.1) is 0 Å². The average molecular weight is 190 g/mol. The fourth-order valence-corrected chi connectivity index (χ4v) is 1.39. The Hall–Kier alpha value is -0.310. The van der Waals surface area contributed by atoms with Gasteiger partial charge in [-0.1, -0.05) is 21.1 Å². The molecule has 0 aromatic carbocycles. The number of hydrogen-bond acceptors (Lipinski definition) is 2. The molecule has 0 atom stereocenters. The molecule has 0 bridgehead atoms. The molecule has 0 aromatic rings. The summed E-state index contributed by atoms with van der Waals surface area (Å²) in [6.07, 6.45) is 4.91. The van der Waals surface area contributed by atoms with E-state index in [-0.39, 0.29) is 0 Å². The minimum absolute atomic E-state index is 0.771. The Labute approximate surface area is 62.4 Å². The predicted octanol–water partition coefficient (Wildman–Crippen LogP) is 2.28. The molecule has 50 valence electrons. The Kier molecular flexibility index (Phi) is 2.28. The van der Waals surface area contributed by atoms with Crippen molar-refractivity contribution in [3.63, 3.8) is 0 Å². The van der Waals surface area contributed by atoms with Gasteiger partial charge in [-0.2, -0.15) is 0 Å². The Morgan fingerprint density at radius 1 is 1.56 bits per heavy atom. The quantitative estimate of drug-likeness (QED) is 0.461. The monoisotopic (exact) mass is 189 g/mol. The number of rotatable bonds is 0. The zero-order valence-electron chi connectivity index (χ0n) is 4.97. The first kappa shape index (κ1) is 6.81. The van der Waals surface area contributed by atoms with Crippen LogP contribution in [0.5, 0.6) is 0 Å². The summed E-state index contributed by atoms with van der Waals surface area (Å²) in [5.41, 5.74) is 0.771. The van der Waals surface area contributed by atoms with Crippen LogP contribution >= 0.6 is 15.9 Å². The number of halogens is 1. The molecule has 0 unspecified atom stereocenters. The maximum atomic E-state index is 8.33. The smallest absolute Gasteiger partial charge is 0.0803 e. The molecule has 0 saturated heterocycles. The van der Waals surface area contributed by atoms with Crippen LogP contribution in [0.15, 0.2) is 15.7 Å². The van der Waals surface area contributed by atoms with Gasteiger partial charge in [0.25, 0.3) is 0 Å². The van der Waals surface area contributed by atoms with Crippen molar-refractivity contribution in [2.75, 3.05) is 0 Å².